The van der Waals surface area contributed by atoms with Gasteiger partial charge in [-0.15, -0.1) is 11.8 Å². The number of hydrogen-bond donors (Lipinski definition) is 7. The molecule has 0 aromatic heterocycles. The molecule has 0 bridgehead atoms. The molecule has 4 rings (SSSR count). The molecule has 0 atom stereocenters. The van der Waals surface area contributed by atoms with Crippen LogP contribution in [-0.4, -0.2) is 101 Å². The molecule has 16 nitrogen and oxygen atoms in total. The summed E-state index contributed by atoms with van der Waals surface area (Å²) in [5.41, 5.74) is 1.96. The average Bonchev–Trinajstić information content (AvgIpc) is 3.18. The quantitative estimate of drug-likeness (QED) is 0.0941. The van der Waals surface area contributed by atoms with E-state index in [1.165, 1.54) is 0 Å². The molecule has 2 saturated heterocycles. The lowest BCUT2D eigenvalue weighted by molar-refractivity contribution is -0.131. The minimum atomic E-state index is -0.908. The maximum Gasteiger partial charge on any atom is 0.410 e. The Morgan fingerprint density at radius 3 is 1.47 bits per heavy atom. The van der Waals surface area contributed by atoms with Gasteiger partial charge < -0.3 is 35.1 Å². The summed E-state index contributed by atoms with van der Waals surface area (Å²) < 4.78 is 16.3. The molecule has 2 aliphatic heterocycles. The zero-order valence-corrected chi connectivity index (χ0v) is 33.2. The smallest absolute Gasteiger partial charge is 0.410 e. The van der Waals surface area contributed by atoms with Crippen molar-refractivity contribution < 1.29 is 48.6 Å². The molecule has 57 heavy (non-hydrogen) atoms. The Morgan fingerprint density at radius 2 is 1.11 bits per heavy atom. The first-order valence-corrected chi connectivity index (χ1v) is 18.6. The highest BCUT2D eigenvalue weighted by atomic mass is 16.6. The third-order valence-electron chi connectivity index (χ3n) is 9.15. The van der Waals surface area contributed by atoms with Gasteiger partial charge in [0.25, 0.3) is 11.8 Å². The molecule has 0 spiro atoms. The predicted octanol–water partition coefficient (Wildman–Crippen LogP) is 3.32. The second-order valence-electron chi connectivity index (χ2n) is 14.6. The van der Waals surface area contributed by atoms with Crippen molar-refractivity contribution in [3.05, 3.63) is 59.7 Å². The minimum Gasteiger partial charge on any atom is -0.481 e. The molecule has 2 aromatic carbocycles. The summed E-state index contributed by atoms with van der Waals surface area (Å²) in [5, 5.41) is 26.9. The Kier molecular flexibility index (Phi) is 17.6. The van der Waals surface area contributed by atoms with Gasteiger partial charge in [0.05, 0.1) is 23.9 Å². The van der Waals surface area contributed by atoms with Gasteiger partial charge in [-0.05, 0) is 122 Å². The van der Waals surface area contributed by atoms with E-state index in [1.807, 2.05) is 0 Å². The van der Waals surface area contributed by atoms with Gasteiger partial charge in [0.15, 0.2) is 0 Å². The van der Waals surface area contributed by atoms with E-state index in [9.17, 15) is 24.0 Å². The van der Waals surface area contributed by atoms with E-state index in [1.54, 1.807) is 99.0 Å². The van der Waals surface area contributed by atoms with E-state index in [4.69, 9.17) is 24.6 Å². The summed E-state index contributed by atoms with van der Waals surface area (Å²) in [7, 11) is 0. The third-order valence-corrected chi connectivity index (χ3v) is 9.15. The first kappa shape index (κ1) is 45.6. The summed E-state index contributed by atoms with van der Waals surface area (Å²) in [6.07, 6.45) is 1.38. The molecule has 0 unspecified atom stereocenters. The Balaban J connectivity index is 0.000000315. The Hall–Kier alpha value is -5.81. The van der Waals surface area contributed by atoms with Crippen molar-refractivity contribution >= 4 is 29.7 Å². The van der Waals surface area contributed by atoms with Crippen molar-refractivity contribution in [2.45, 2.75) is 89.8 Å². The molecule has 308 valence electrons. The first-order chi connectivity index (χ1) is 27.2. The molecule has 16 heteroatoms. The van der Waals surface area contributed by atoms with Gasteiger partial charge in [0.2, 0.25) is 11.8 Å². The van der Waals surface area contributed by atoms with E-state index in [0.29, 0.717) is 81.1 Å². The molecule has 0 aliphatic carbocycles. The Morgan fingerprint density at radius 1 is 0.702 bits per heavy atom. The maximum absolute atomic E-state index is 12.9. The number of amides is 5. The van der Waals surface area contributed by atoms with Gasteiger partial charge >= 0.3 is 6.09 Å². The zero-order chi connectivity index (χ0) is 41.9. The van der Waals surface area contributed by atoms with E-state index in [0.717, 1.165) is 0 Å². The third kappa shape index (κ3) is 15.3. The monoisotopic (exact) mass is 790 g/mol. The van der Waals surface area contributed by atoms with Crippen LogP contribution in [0.4, 0.5) is 4.79 Å². The number of rotatable bonds is 12. The lowest BCUT2D eigenvalue weighted by atomic mass is 9.83. The number of nitrogens with zero attached hydrogens (tertiary/aromatic N) is 1. The van der Waals surface area contributed by atoms with E-state index in [-0.39, 0.29) is 31.3 Å². The summed E-state index contributed by atoms with van der Waals surface area (Å²) in [6.45, 7) is 11.4. The number of benzene rings is 2. The van der Waals surface area contributed by atoms with Gasteiger partial charge in [-0.3, -0.25) is 29.6 Å². The molecular formula is C41H54N6O10. The highest BCUT2D eigenvalue weighted by molar-refractivity contribution is 5.96. The number of carbonyl (C=O) groups excluding carboxylic acids is 5. The fourth-order valence-corrected chi connectivity index (χ4v) is 6.15. The zero-order valence-electron chi connectivity index (χ0n) is 33.2. The van der Waals surface area contributed by atoms with Crippen LogP contribution >= 0.6 is 0 Å². The van der Waals surface area contributed by atoms with Gasteiger partial charge in [-0.2, -0.15) is 0 Å². The lowest BCUT2D eigenvalue weighted by Crippen LogP contribution is -2.58. The highest BCUT2D eigenvalue weighted by Crippen LogP contribution is 2.28. The summed E-state index contributed by atoms with van der Waals surface area (Å²) in [5.74, 6) is 10.6. The molecule has 7 N–H and O–H groups in total. The van der Waals surface area contributed by atoms with Crippen LogP contribution < -0.4 is 36.4 Å². The van der Waals surface area contributed by atoms with Crippen molar-refractivity contribution in [1.29, 1.82) is 0 Å². The molecule has 2 heterocycles. The van der Waals surface area contributed by atoms with Crippen LogP contribution in [0.2, 0.25) is 0 Å². The van der Waals surface area contributed by atoms with E-state index in [2.05, 4.69) is 39.6 Å². The van der Waals surface area contributed by atoms with Crippen molar-refractivity contribution in [2.24, 2.45) is 0 Å². The summed E-state index contributed by atoms with van der Waals surface area (Å²) in [6, 6.07) is 13.4. The molecule has 5 amide bonds. The van der Waals surface area contributed by atoms with Gasteiger partial charge in [0.1, 0.15) is 30.3 Å². The van der Waals surface area contributed by atoms with Crippen molar-refractivity contribution in [2.75, 3.05) is 39.4 Å². The van der Waals surface area contributed by atoms with E-state index < -0.39 is 34.6 Å². The van der Waals surface area contributed by atoms with Crippen LogP contribution in [0.3, 0.4) is 0 Å². The number of likely N-dealkylation sites (tertiary alicyclic amines) is 1. The van der Waals surface area contributed by atoms with Crippen LogP contribution in [0, 0.1) is 23.7 Å². The fourth-order valence-electron chi connectivity index (χ4n) is 6.15. The molecule has 2 aromatic rings. The normalized spacial score (nSPS) is 15.2. The number of ether oxygens (including phenoxy) is 3. The number of hydrogen-bond acceptors (Lipinski definition) is 11. The van der Waals surface area contributed by atoms with Crippen LogP contribution in [0.25, 0.3) is 0 Å². The fraction of sp³-hybridized carbons (Fsp3) is 0.488. The number of hydroxylamine groups is 2. The highest BCUT2D eigenvalue weighted by Gasteiger charge is 2.40. The van der Waals surface area contributed by atoms with Crippen LogP contribution in [-0.2, 0) is 14.3 Å². The van der Waals surface area contributed by atoms with E-state index >= 15 is 0 Å². The van der Waals surface area contributed by atoms with Crippen molar-refractivity contribution in [3.63, 3.8) is 0 Å². The van der Waals surface area contributed by atoms with Crippen molar-refractivity contribution in [3.8, 4) is 35.2 Å². The number of nitrogens with one attached hydrogen (secondary N) is 5. The standard InChI is InChI=1S/C23H31N3O6.C18H23N3O4/c1-5-6-15-31-18-9-7-17(8-10-18)20(28)24-23(16-19(27)25-30)11-13-26(14-12-23)21(29)32-22(2,3)4;1-2-3-12-25-15-6-4-14(5-7-15)17(23)20-18(13-16(22)21-24)8-10-19-11-9-18/h7-10,30H,11-16H2,1-4H3,(H,24,28)(H,25,27);4-7,19,24H,8-13H2,1H3,(H,20,23)(H,21,22). The number of piperidine rings is 2. The second kappa shape index (κ2) is 22.1. The predicted molar refractivity (Wildman–Crippen MR) is 209 cm³/mol. The van der Waals surface area contributed by atoms with Crippen LogP contribution in [0.15, 0.2) is 48.5 Å². The molecule has 0 radical (unpaired) electrons. The molecule has 2 fully saturated rings. The summed E-state index contributed by atoms with van der Waals surface area (Å²) in [4.78, 5) is 62.9. The first-order valence-electron chi connectivity index (χ1n) is 18.6. The van der Waals surface area contributed by atoms with Crippen LogP contribution in [0.5, 0.6) is 11.5 Å². The van der Waals surface area contributed by atoms with Crippen molar-refractivity contribution in [1.82, 2.24) is 31.8 Å². The minimum absolute atomic E-state index is 0.0355. The SMILES string of the molecule is CC#CCOc1ccc(C(=O)NC2(CC(=O)NO)CCN(C(=O)OC(C)(C)C)CC2)cc1.CC#CCOc1ccc(C(=O)NC2(CC(=O)NO)CCNCC2)cc1. The van der Waals surface area contributed by atoms with Gasteiger partial charge in [-0.1, -0.05) is 11.8 Å². The average molecular weight is 791 g/mol. The van der Waals surface area contributed by atoms with Gasteiger partial charge in [-0.25, -0.2) is 15.8 Å². The topological polar surface area (TPSA) is 217 Å². The lowest BCUT2D eigenvalue weighted by Gasteiger charge is -2.42. The number of carbonyl (C=O) groups is 5. The maximum atomic E-state index is 12.9. The van der Waals surface area contributed by atoms with Crippen LogP contribution in [0.1, 0.15) is 93.9 Å². The molecule has 2 aliphatic rings. The Labute approximate surface area is 333 Å². The summed E-state index contributed by atoms with van der Waals surface area (Å²) >= 11 is 0. The largest absolute Gasteiger partial charge is 0.481 e. The molecule has 0 saturated carbocycles. The molecular weight excluding hydrogens is 736 g/mol. The van der Waals surface area contributed by atoms with Gasteiger partial charge in [0, 0.05) is 24.2 Å². The second-order valence-corrected chi connectivity index (χ2v) is 14.6. The Bertz CT molecular complexity index is 1790.